The molecule has 3 rings (SSSR count). The van der Waals surface area contributed by atoms with Crippen LogP contribution in [0.25, 0.3) is 16.7 Å². The van der Waals surface area contributed by atoms with Gasteiger partial charge in [0.05, 0.1) is 25.3 Å². The molecule has 0 fully saturated rings. The summed E-state index contributed by atoms with van der Waals surface area (Å²) in [5.74, 6) is 3.27. The maximum atomic E-state index is 11.7. The molecule has 0 aliphatic carbocycles. The Morgan fingerprint density at radius 1 is 1.10 bits per heavy atom. The second-order valence-electron chi connectivity index (χ2n) is 7.87. The largest absolute Gasteiger partial charge is 0.493 e. The van der Waals surface area contributed by atoms with Gasteiger partial charge in [-0.1, -0.05) is 20.8 Å². The van der Waals surface area contributed by atoms with Crippen LogP contribution >= 0.6 is 0 Å². The van der Waals surface area contributed by atoms with Gasteiger partial charge in [-0.3, -0.25) is 9.20 Å². The summed E-state index contributed by atoms with van der Waals surface area (Å²) < 4.78 is 12.9. The third kappa shape index (κ3) is 5.15. The Hall–Kier alpha value is -3.10. The molecule has 0 aliphatic heterocycles. The Kier molecular flexibility index (Phi) is 7.49. The highest BCUT2D eigenvalue weighted by molar-refractivity contribution is 5.86. The van der Waals surface area contributed by atoms with Crippen molar-refractivity contribution in [1.29, 1.82) is 0 Å². The zero-order chi connectivity index (χ0) is 22.4. The molecule has 1 amide bonds. The van der Waals surface area contributed by atoms with Gasteiger partial charge >= 0.3 is 0 Å². The van der Waals surface area contributed by atoms with E-state index in [4.69, 9.17) is 14.5 Å². The number of anilines is 1. The molecular weight excluding hydrogens is 396 g/mol. The highest BCUT2D eigenvalue weighted by Gasteiger charge is 2.17. The van der Waals surface area contributed by atoms with Crippen LogP contribution in [0, 0.1) is 5.92 Å². The fourth-order valence-corrected chi connectivity index (χ4v) is 3.49. The second-order valence-corrected chi connectivity index (χ2v) is 7.87. The summed E-state index contributed by atoms with van der Waals surface area (Å²) >= 11 is 0. The molecule has 0 atom stereocenters. The molecule has 0 bridgehead atoms. The minimum Gasteiger partial charge on any atom is -0.493 e. The van der Waals surface area contributed by atoms with Crippen LogP contribution in [0.2, 0.25) is 0 Å². The van der Waals surface area contributed by atoms with E-state index in [0.717, 1.165) is 42.7 Å². The van der Waals surface area contributed by atoms with Gasteiger partial charge in [-0.15, -0.1) is 10.2 Å². The lowest BCUT2D eigenvalue weighted by atomic mass is 10.1. The lowest BCUT2D eigenvalue weighted by Gasteiger charge is -2.13. The maximum absolute atomic E-state index is 11.7. The molecule has 0 saturated heterocycles. The highest BCUT2D eigenvalue weighted by Crippen LogP contribution is 2.33. The minimum atomic E-state index is 0.112. The Morgan fingerprint density at radius 2 is 1.81 bits per heavy atom. The first-order valence-electron chi connectivity index (χ1n) is 10.8. The zero-order valence-corrected chi connectivity index (χ0v) is 19.0. The topological polar surface area (TPSA) is 103 Å². The molecule has 9 nitrogen and oxygen atoms in total. The average molecular weight is 429 g/mol. The number of hydrogen-bond acceptors (Lipinski definition) is 7. The maximum Gasteiger partial charge on any atom is 0.220 e. The summed E-state index contributed by atoms with van der Waals surface area (Å²) in [5, 5.41) is 15.0. The number of nitrogens with zero attached hydrogens (tertiary/aromatic N) is 4. The third-order valence-electron chi connectivity index (χ3n) is 5.02. The van der Waals surface area contributed by atoms with Gasteiger partial charge in [-0.2, -0.15) is 0 Å². The monoisotopic (exact) mass is 428 g/mol. The SMILES string of the molecule is CCc1nnc2c(NCCCCNC(=O)CC(C)C)nc3cc(OC)c(OC)cc3n12. The van der Waals surface area contributed by atoms with Gasteiger partial charge in [-0.25, -0.2) is 4.98 Å². The fourth-order valence-electron chi connectivity index (χ4n) is 3.49. The van der Waals surface area contributed by atoms with Crippen LogP contribution in [0.3, 0.4) is 0 Å². The number of nitrogens with one attached hydrogen (secondary N) is 2. The molecule has 1 aromatic carbocycles. The summed E-state index contributed by atoms with van der Waals surface area (Å²) in [6, 6.07) is 3.77. The number of methoxy groups -OCH3 is 2. The molecule has 168 valence electrons. The number of aryl methyl sites for hydroxylation is 1. The Balaban J connectivity index is 1.76. The number of hydrogen-bond donors (Lipinski definition) is 2. The number of ether oxygens (including phenoxy) is 2. The van der Waals surface area contributed by atoms with Gasteiger partial charge in [0.1, 0.15) is 5.82 Å². The highest BCUT2D eigenvalue weighted by atomic mass is 16.5. The molecule has 0 aliphatic rings. The van der Waals surface area contributed by atoms with Gasteiger partial charge in [0, 0.05) is 38.1 Å². The lowest BCUT2D eigenvalue weighted by Crippen LogP contribution is -2.25. The smallest absolute Gasteiger partial charge is 0.220 e. The normalized spacial score (nSPS) is 11.3. The Bertz CT molecular complexity index is 1050. The number of carbonyl (C=O) groups excluding carboxylic acids is 1. The summed E-state index contributed by atoms with van der Waals surface area (Å²) in [6.07, 6.45) is 3.09. The number of aromatic nitrogens is 4. The van der Waals surface area contributed by atoms with E-state index in [0.29, 0.717) is 41.8 Å². The molecule has 0 saturated carbocycles. The van der Waals surface area contributed by atoms with Crippen molar-refractivity contribution in [1.82, 2.24) is 24.9 Å². The van der Waals surface area contributed by atoms with E-state index in [1.54, 1.807) is 14.2 Å². The van der Waals surface area contributed by atoms with Gasteiger partial charge in [0.25, 0.3) is 0 Å². The predicted octanol–water partition coefficient (Wildman–Crippen LogP) is 3.21. The van der Waals surface area contributed by atoms with E-state index in [2.05, 4.69) is 20.8 Å². The Labute approximate surface area is 182 Å². The second kappa shape index (κ2) is 10.3. The summed E-state index contributed by atoms with van der Waals surface area (Å²) in [4.78, 5) is 16.5. The number of carbonyl (C=O) groups is 1. The summed E-state index contributed by atoms with van der Waals surface area (Å²) in [7, 11) is 3.22. The number of amides is 1. The predicted molar refractivity (Wildman–Crippen MR) is 121 cm³/mol. The van der Waals surface area contributed by atoms with Crippen LogP contribution in [0.4, 0.5) is 5.82 Å². The van der Waals surface area contributed by atoms with E-state index < -0.39 is 0 Å². The van der Waals surface area contributed by atoms with Crippen LogP contribution in [-0.2, 0) is 11.2 Å². The van der Waals surface area contributed by atoms with Crippen LogP contribution in [-0.4, -0.2) is 52.8 Å². The van der Waals surface area contributed by atoms with Crippen molar-refractivity contribution in [2.45, 2.75) is 46.5 Å². The molecule has 31 heavy (non-hydrogen) atoms. The molecular formula is C22H32N6O3. The van der Waals surface area contributed by atoms with E-state index >= 15 is 0 Å². The number of benzene rings is 1. The van der Waals surface area contributed by atoms with Crippen LogP contribution in [0.15, 0.2) is 12.1 Å². The van der Waals surface area contributed by atoms with Crippen LogP contribution in [0.1, 0.15) is 45.9 Å². The average Bonchev–Trinajstić information content (AvgIpc) is 3.19. The standard InChI is InChI=1S/C22H32N6O3/c1-6-19-26-27-22-21(24-10-8-7-9-23-20(29)11-14(2)3)25-15-12-17(30-4)18(31-5)13-16(15)28(19)22/h12-14H,6-11H2,1-5H3,(H,23,29)(H,24,25). The molecule has 2 heterocycles. The van der Waals surface area contributed by atoms with Gasteiger partial charge in [0.15, 0.2) is 17.3 Å². The first-order valence-corrected chi connectivity index (χ1v) is 10.8. The molecule has 2 N–H and O–H groups in total. The zero-order valence-electron chi connectivity index (χ0n) is 19.0. The van der Waals surface area contributed by atoms with Crippen molar-refractivity contribution in [3.8, 4) is 11.5 Å². The fraction of sp³-hybridized carbons (Fsp3) is 0.545. The van der Waals surface area contributed by atoms with E-state index in [9.17, 15) is 4.79 Å². The summed E-state index contributed by atoms with van der Waals surface area (Å²) in [6.45, 7) is 7.53. The molecule has 0 unspecified atom stereocenters. The molecule has 2 aromatic heterocycles. The third-order valence-corrected chi connectivity index (χ3v) is 5.02. The first kappa shape index (κ1) is 22.6. The quantitative estimate of drug-likeness (QED) is 0.452. The van der Waals surface area contributed by atoms with E-state index in [1.807, 2.05) is 37.3 Å². The van der Waals surface area contributed by atoms with E-state index in [1.165, 1.54) is 0 Å². The van der Waals surface area contributed by atoms with Crippen molar-refractivity contribution >= 4 is 28.4 Å². The van der Waals surface area contributed by atoms with E-state index in [-0.39, 0.29) is 5.91 Å². The molecule has 0 radical (unpaired) electrons. The van der Waals surface area contributed by atoms with Gasteiger partial charge < -0.3 is 20.1 Å². The number of unbranched alkanes of at least 4 members (excludes halogenated alkanes) is 1. The lowest BCUT2D eigenvalue weighted by molar-refractivity contribution is -0.121. The first-order chi connectivity index (χ1) is 15.0. The molecule has 3 aromatic rings. The Morgan fingerprint density at radius 3 is 2.48 bits per heavy atom. The van der Waals surface area contributed by atoms with Crippen LogP contribution in [0.5, 0.6) is 11.5 Å². The van der Waals surface area contributed by atoms with Crippen molar-refractivity contribution in [2.24, 2.45) is 5.92 Å². The van der Waals surface area contributed by atoms with Gasteiger partial charge in [-0.05, 0) is 18.8 Å². The molecule has 9 heteroatoms. The van der Waals surface area contributed by atoms with Crippen molar-refractivity contribution in [2.75, 3.05) is 32.6 Å². The van der Waals surface area contributed by atoms with Crippen LogP contribution < -0.4 is 20.1 Å². The van der Waals surface area contributed by atoms with Crippen molar-refractivity contribution in [3.05, 3.63) is 18.0 Å². The van der Waals surface area contributed by atoms with Crippen molar-refractivity contribution < 1.29 is 14.3 Å². The summed E-state index contributed by atoms with van der Waals surface area (Å²) in [5.41, 5.74) is 2.32. The minimum absolute atomic E-state index is 0.112. The number of rotatable bonds is 11. The van der Waals surface area contributed by atoms with Gasteiger partial charge in [0.2, 0.25) is 11.6 Å². The van der Waals surface area contributed by atoms with Crippen molar-refractivity contribution in [3.63, 3.8) is 0 Å². The molecule has 0 spiro atoms. The number of fused-ring (bicyclic) bond motifs is 3.